The molecule has 126 valence electrons. The SMILES string of the molecule is Cc1cc(Cl)ccc1C(=O)NN(C(=O)c1ccccc1)C(C)(C)C. The summed E-state index contributed by atoms with van der Waals surface area (Å²) in [5.41, 5.74) is 3.90. The van der Waals surface area contributed by atoms with Crippen LogP contribution in [0.2, 0.25) is 5.02 Å². The Morgan fingerprint density at radius 1 is 1.04 bits per heavy atom. The van der Waals surface area contributed by atoms with Gasteiger partial charge in [-0.15, -0.1) is 0 Å². The number of carbonyl (C=O) groups is 2. The van der Waals surface area contributed by atoms with Gasteiger partial charge in [-0.25, -0.2) is 5.01 Å². The van der Waals surface area contributed by atoms with Gasteiger partial charge < -0.3 is 0 Å². The second kappa shape index (κ2) is 7.05. The minimum atomic E-state index is -0.580. The van der Waals surface area contributed by atoms with E-state index in [1.54, 1.807) is 49.4 Å². The van der Waals surface area contributed by atoms with E-state index in [-0.39, 0.29) is 11.8 Å². The molecule has 2 aromatic rings. The van der Waals surface area contributed by atoms with E-state index in [4.69, 9.17) is 11.6 Å². The molecule has 0 aliphatic rings. The minimum Gasteiger partial charge on any atom is -0.267 e. The monoisotopic (exact) mass is 344 g/mol. The molecule has 5 heteroatoms. The Labute approximate surface area is 147 Å². The van der Waals surface area contributed by atoms with Crippen LogP contribution in [0, 0.1) is 6.92 Å². The van der Waals surface area contributed by atoms with Crippen LogP contribution in [0.5, 0.6) is 0 Å². The molecule has 2 aromatic carbocycles. The molecule has 4 nitrogen and oxygen atoms in total. The lowest BCUT2D eigenvalue weighted by atomic mass is 10.1. The first kappa shape index (κ1) is 18.0. The predicted molar refractivity (Wildman–Crippen MR) is 96.0 cm³/mol. The summed E-state index contributed by atoms with van der Waals surface area (Å²) in [6.45, 7) is 7.40. The van der Waals surface area contributed by atoms with Crippen molar-refractivity contribution in [2.24, 2.45) is 0 Å². The number of hydrazine groups is 1. The highest BCUT2D eigenvalue weighted by Gasteiger charge is 2.29. The van der Waals surface area contributed by atoms with E-state index < -0.39 is 5.54 Å². The standard InChI is InChI=1S/C19H21ClN2O2/c1-13-12-15(20)10-11-16(13)17(23)21-22(19(2,3)4)18(24)14-8-6-5-7-9-14/h5-12H,1-4H3,(H,21,23). The molecule has 2 amide bonds. The van der Waals surface area contributed by atoms with Gasteiger partial charge in [0.25, 0.3) is 11.8 Å². The lowest BCUT2D eigenvalue weighted by molar-refractivity contribution is 0.0358. The maximum Gasteiger partial charge on any atom is 0.272 e. The van der Waals surface area contributed by atoms with Crippen molar-refractivity contribution in [1.82, 2.24) is 10.4 Å². The van der Waals surface area contributed by atoms with E-state index in [0.29, 0.717) is 16.1 Å². The molecule has 0 spiro atoms. The number of nitrogens with one attached hydrogen (secondary N) is 1. The summed E-state index contributed by atoms with van der Waals surface area (Å²) in [5.74, 6) is -0.605. The van der Waals surface area contributed by atoms with Gasteiger partial charge >= 0.3 is 0 Å². The summed E-state index contributed by atoms with van der Waals surface area (Å²) in [6.07, 6.45) is 0. The summed E-state index contributed by atoms with van der Waals surface area (Å²) in [6, 6.07) is 13.9. The molecule has 0 radical (unpaired) electrons. The molecule has 0 heterocycles. The van der Waals surface area contributed by atoms with Crippen LogP contribution in [0.3, 0.4) is 0 Å². The lowest BCUT2D eigenvalue weighted by Gasteiger charge is -2.35. The van der Waals surface area contributed by atoms with Crippen LogP contribution in [-0.2, 0) is 0 Å². The number of rotatable bonds is 2. The van der Waals surface area contributed by atoms with Crippen LogP contribution in [0.15, 0.2) is 48.5 Å². The van der Waals surface area contributed by atoms with Crippen LogP contribution < -0.4 is 5.43 Å². The van der Waals surface area contributed by atoms with E-state index in [1.807, 2.05) is 26.8 Å². The molecule has 0 saturated heterocycles. The maximum atomic E-state index is 12.8. The molecule has 0 atom stereocenters. The Hall–Kier alpha value is -2.33. The largest absolute Gasteiger partial charge is 0.272 e. The number of carbonyl (C=O) groups excluding carboxylic acids is 2. The normalized spacial score (nSPS) is 11.0. The predicted octanol–water partition coefficient (Wildman–Crippen LogP) is 4.23. The fourth-order valence-corrected chi connectivity index (χ4v) is 2.50. The first-order valence-electron chi connectivity index (χ1n) is 7.67. The van der Waals surface area contributed by atoms with E-state index in [1.165, 1.54) is 5.01 Å². The molecule has 0 aromatic heterocycles. The van der Waals surface area contributed by atoms with Crippen molar-refractivity contribution in [2.75, 3.05) is 0 Å². The van der Waals surface area contributed by atoms with Gasteiger partial charge in [0.1, 0.15) is 0 Å². The molecule has 0 bridgehead atoms. The third kappa shape index (κ3) is 4.15. The summed E-state index contributed by atoms with van der Waals surface area (Å²) in [7, 11) is 0. The molecule has 1 N–H and O–H groups in total. The zero-order chi connectivity index (χ0) is 17.9. The van der Waals surface area contributed by atoms with E-state index in [0.717, 1.165) is 5.56 Å². The van der Waals surface area contributed by atoms with Gasteiger partial charge in [-0.05, 0) is 63.6 Å². The molecule has 0 fully saturated rings. The average molecular weight is 345 g/mol. The second-order valence-electron chi connectivity index (χ2n) is 6.58. The number of halogens is 1. The van der Waals surface area contributed by atoms with Crippen molar-refractivity contribution in [3.63, 3.8) is 0 Å². The molecular formula is C19H21ClN2O2. The zero-order valence-electron chi connectivity index (χ0n) is 14.3. The number of nitrogens with zero attached hydrogens (tertiary/aromatic N) is 1. The molecule has 0 saturated carbocycles. The molecule has 24 heavy (non-hydrogen) atoms. The highest BCUT2D eigenvalue weighted by Crippen LogP contribution is 2.18. The fourth-order valence-electron chi connectivity index (χ4n) is 2.28. The Morgan fingerprint density at radius 3 is 2.21 bits per heavy atom. The molecule has 0 unspecified atom stereocenters. The van der Waals surface area contributed by atoms with Gasteiger partial charge in [0.05, 0.1) is 5.54 Å². The van der Waals surface area contributed by atoms with Crippen LogP contribution in [0.4, 0.5) is 0 Å². The third-order valence-electron chi connectivity index (χ3n) is 3.54. The second-order valence-corrected chi connectivity index (χ2v) is 7.01. The highest BCUT2D eigenvalue weighted by atomic mass is 35.5. The van der Waals surface area contributed by atoms with Crippen LogP contribution in [0.1, 0.15) is 47.1 Å². The fraction of sp³-hybridized carbons (Fsp3) is 0.263. The summed E-state index contributed by atoms with van der Waals surface area (Å²) >= 11 is 5.93. The average Bonchev–Trinajstić information content (AvgIpc) is 2.51. The topological polar surface area (TPSA) is 49.4 Å². The van der Waals surface area contributed by atoms with Crippen molar-refractivity contribution in [3.8, 4) is 0 Å². The number of aryl methyl sites for hydroxylation is 1. The number of hydrogen-bond acceptors (Lipinski definition) is 2. The highest BCUT2D eigenvalue weighted by molar-refractivity contribution is 6.30. The maximum absolute atomic E-state index is 12.8. The summed E-state index contributed by atoms with van der Waals surface area (Å²) in [5, 5.41) is 1.93. The molecule has 2 rings (SSSR count). The first-order valence-corrected chi connectivity index (χ1v) is 8.04. The van der Waals surface area contributed by atoms with Crippen LogP contribution >= 0.6 is 11.6 Å². The van der Waals surface area contributed by atoms with Gasteiger partial charge in [-0.3, -0.25) is 15.0 Å². The molecular weight excluding hydrogens is 324 g/mol. The van der Waals surface area contributed by atoms with Gasteiger partial charge in [-0.1, -0.05) is 29.8 Å². The summed E-state index contributed by atoms with van der Waals surface area (Å²) in [4.78, 5) is 25.4. The van der Waals surface area contributed by atoms with E-state index in [9.17, 15) is 9.59 Å². The molecule has 0 aliphatic heterocycles. The van der Waals surface area contributed by atoms with Gasteiger partial charge in [0.15, 0.2) is 0 Å². The number of hydrogen-bond donors (Lipinski definition) is 1. The Balaban J connectivity index is 2.30. The number of amides is 2. The summed E-state index contributed by atoms with van der Waals surface area (Å²) < 4.78 is 0. The van der Waals surface area contributed by atoms with Crippen LogP contribution in [-0.4, -0.2) is 22.4 Å². The van der Waals surface area contributed by atoms with E-state index in [2.05, 4.69) is 5.43 Å². The van der Waals surface area contributed by atoms with Gasteiger partial charge in [0, 0.05) is 16.1 Å². The Kier molecular flexibility index (Phi) is 5.30. The van der Waals surface area contributed by atoms with Gasteiger partial charge in [-0.2, -0.15) is 0 Å². The van der Waals surface area contributed by atoms with Crippen LogP contribution in [0.25, 0.3) is 0 Å². The van der Waals surface area contributed by atoms with Crippen molar-refractivity contribution in [3.05, 3.63) is 70.2 Å². The zero-order valence-corrected chi connectivity index (χ0v) is 15.0. The Morgan fingerprint density at radius 2 is 1.67 bits per heavy atom. The van der Waals surface area contributed by atoms with Crippen molar-refractivity contribution in [2.45, 2.75) is 33.2 Å². The smallest absolute Gasteiger partial charge is 0.267 e. The first-order chi connectivity index (χ1) is 11.2. The van der Waals surface area contributed by atoms with Crippen molar-refractivity contribution < 1.29 is 9.59 Å². The quantitative estimate of drug-likeness (QED) is 0.828. The van der Waals surface area contributed by atoms with Crippen molar-refractivity contribution >= 4 is 23.4 Å². The van der Waals surface area contributed by atoms with Gasteiger partial charge in [0.2, 0.25) is 0 Å². The van der Waals surface area contributed by atoms with E-state index >= 15 is 0 Å². The Bertz CT molecular complexity index is 752. The van der Waals surface area contributed by atoms with Crippen molar-refractivity contribution in [1.29, 1.82) is 0 Å². The number of benzene rings is 2. The molecule has 0 aliphatic carbocycles. The third-order valence-corrected chi connectivity index (χ3v) is 3.78. The minimum absolute atomic E-state index is 0.261. The lowest BCUT2D eigenvalue weighted by Crippen LogP contribution is -2.56.